The van der Waals surface area contributed by atoms with Crippen LogP contribution in [0.4, 0.5) is 5.82 Å². The van der Waals surface area contributed by atoms with Crippen LogP contribution in [0.25, 0.3) is 11.3 Å². The first kappa shape index (κ1) is 15.3. The largest absolute Gasteiger partial charge is 0.384 e. The number of carbonyl (C=O) groups excluding carboxylic acids is 3. The number of aromatic nitrogens is 2. The van der Waals surface area contributed by atoms with E-state index < -0.39 is 11.9 Å². The van der Waals surface area contributed by atoms with E-state index in [9.17, 15) is 14.4 Å². The zero-order chi connectivity index (χ0) is 17.6. The highest BCUT2D eigenvalue weighted by molar-refractivity contribution is 6.05. The predicted octanol–water partition coefficient (Wildman–Crippen LogP) is 0.487. The van der Waals surface area contributed by atoms with E-state index >= 15 is 0 Å². The lowest BCUT2D eigenvalue weighted by atomic mass is 10.0. The Hall–Kier alpha value is -3.29. The van der Waals surface area contributed by atoms with Crippen molar-refractivity contribution in [1.82, 2.24) is 20.2 Å². The first-order valence-electron chi connectivity index (χ1n) is 7.88. The molecule has 2 aliphatic heterocycles. The Morgan fingerprint density at radius 3 is 2.76 bits per heavy atom. The van der Waals surface area contributed by atoms with Crippen molar-refractivity contribution in [1.29, 1.82) is 0 Å². The molecule has 1 aromatic carbocycles. The maximum Gasteiger partial charge on any atom is 0.255 e. The Morgan fingerprint density at radius 1 is 1.16 bits per heavy atom. The molecule has 0 aliphatic carbocycles. The molecule has 0 spiro atoms. The second-order valence-electron chi connectivity index (χ2n) is 6.10. The number of hydrogen-bond acceptors (Lipinski definition) is 6. The highest BCUT2D eigenvalue weighted by Crippen LogP contribution is 2.30. The van der Waals surface area contributed by atoms with E-state index in [-0.39, 0.29) is 18.2 Å². The third-order valence-corrected chi connectivity index (χ3v) is 4.51. The molecule has 3 amide bonds. The molecular weight excluding hydrogens is 322 g/mol. The molecule has 8 nitrogen and oxygen atoms in total. The minimum absolute atomic E-state index is 0.196. The first-order valence-corrected chi connectivity index (χ1v) is 7.88. The lowest BCUT2D eigenvalue weighted by molar-refractivity contribution is -0.136. The Kier molecular flexibility index (Phi) is 3.45. The van der Waals surface area contributed by atoms with Crippen LogP contribution in [-0.4, -0.2) is 38.6 Å². The molecule has 1 saturated heterocycles. The van der Waals surface area contributed by atoms with Gasteiger partial charge in [-0.05, 0) is 24.1 Å². The van der Waals surface area contributed by atoms with Crippen molar-refractivity contribution >= 4 is 23.5 Å². The van der Waals surface area contributed by atoms with Crippen LogP contribution in [0, 0.1) is 0 Å². The van der Waals surface area contributed by atoms with Gasteiger partial charge in [0.15, 0.2) is 0 Å². The fourth-order valence-corrected chi connectivity index (χ4v) is 3.26. The number of anilines is 1. The van der Waals surface area contributed by atoms with Crippen LogP contribution in [0.2, 0.25) is 0 Å². The Morgan fingerprint density at radius 2 is 2.00 bits per heavy atom. The van der Waals surface area contributed by atoms with E-state index in [1.807, 2.05) is 6.07 Å². The number of nitrogens with zero attached hydrogens (tertiary/aromatic N) is 3. The van der Waals surface area contributed by atoms with Crippen LogP contribution in [0.5, 0.6) is 0 Å². The summed E-state index contributed by atoms with van der Waals surface area (Å²) in [5, 5.41) is 2.29. The van der Waals surface area contributed by atoms with E-state index in [0.29, 0.717) is 30.0 Å². The summed E-state index contributed by atoms with van der Waals surface area (Å²) in [4.78, 5) is 45.6. The number of nitrogens with one attached hydrogen (secondary N) is 1. The fraction of sp³-hybridized carbons (Fsp3) is 0.235. The minimum Gasteiger partial charge on any atom is -0.384 e. The summed E-state index contributed by atoms with van der Waals surface area (Å²) in [7, 11) is 0. The molecule has 126 valence electrons. The maximum absolute atomic E-state index is 12.6. The number of benzene rings is 1. The SMILES string of the molecule is Nc1cc(-c2ccc3c(c2)CN(C2CCC(=O)NC2=O)C3=O)ncn1. The van der Waals surface area contributed by atoms with Gasteiger partial charge in [0, 0.05) is 30.2 Å². The van der Waals surface area contributed by atoms with Crippen molar-refractivity contribution in [3.8, 4) is 11.3 Å². The molecule has 2 aliphatic rings. The van der Waals surface area contributed by atoms with Gasteiger partial charge in [-0.1, -0.05) is 6.07 Å². The molecule has 3 heterocycles. The zero-order valence-electron chi connectivity index (χ0n) is 13.2. The Balaban J connectivity index is 1.63. The highest BCUT2D eigenvalue weighted by Gasteiger charge is 2.39. The van der Waals surface area contributed by atoms with E-state index in [0.717, 1.165) is 11.1 Å². The highest BCUT2D eigenvalue weighted by atomic mass is 16.2. The third-order valence-electron chi connectivity index (χ3n) is 4.51. The second kappa shape index (κ2) is 5.66. The summed E-state index contributed by atoms with van der Waals surface area (Å²) in [6, 6.07) is 6.46. The number of nitrogen functional groups attached to an aromatic ring is 1. The van der Waals surface area contributed by atoms with Gasteiger partial charge >= 0.3 is 0 Å². The molecule has 1 atom stereocenters. The van der Waals surface area contributed by atoms with Crippen molar-refractivity contribution in [2.45, 2.75) is 25.4 Å². The maximum atomic E-state index is 12.6. The Bertz CT molecular complexity index is 911. The second-order valence-corrected chi connectivity index (χ2v) is 6.10. The van der Waals surface area contributed by atoms with Gasteiger partial charge in [-0.15, -0.1) is 0 Å². The van der Waals surface area contributed by atoms with Crippen molar-refractivity contribution in [2.24, 2.45) is 0 Å². The van der Waals surface area contributed by atoms with Gasteiger partial charge in [-0.2, -0.15) is 0 Å². The lowest BCUT2D eigenvalue weighted by Gasteiger charge is -2.29. The minimum atomic E-state index is -0.615. The van der Waals surface area contributed by atoms with E-state index in [4.69, 9.17) is 5.73 Å². The number of imide groups is 1. The summed E-state index contributed by atoms with van der Waals surface area (Å²) in [5.74, 6) is -0.541. The normalized spacial score (nSPS) is 19.8. The summed E-state index contributed by atoms with van der Waals surface area (Å²) >= 11 is 0. The van der Waals surface area contributed by atoms with Crippen LogP contribution in [0.1, 0.15) is 28.8 Å². The standard InChI is InChI=1S/C17H15N5O3/c18-14-6-12(19-8-20-14)9-1-2-11-10(5-9)7-22(17(11)25)13-3-4-15(23)21-16(13)24/h1-2,5-6,8,13H,3-4,7H2,(H2,18,19,20)(H,21,23,24). The Labute approximate surface area is 143 Å². The number of amides is 3. The van der Waals surface area contributed by atoms with Crippen molar-refractivity contribution < 1.29 is 14.4 Å². The molecule has 0 bridgehead atoms. The molecule has 0 radical (unpaired) electrons. The number of fused-ring (bicyclic) bond motifs is 1. The zero-order valence-corrected chi connectivity index (χ0v) is 13.2. The summed E-state index contributed by atoms with van der Waals surface area (Å²) in [5.41, 5.74) is 8.57. The average molecular weight is 337 g/mol. The van der Waals surface area contributed by atoms with E-state index in [1.54, 1.807) is 18.2 Å². The van der Waals surface area contributed by atoms with Crippen molar-refractivity contribution in [2.75, 3.05) is 5.73 Å². The van der Waals surface area contributed by atoms with Crippen LogP contribution >= 0.6 is 0 Å². The first-order chi connectivity index (χ1) is 12.0. The number of rotatable bonds is 2. The topological polar surface area (TPSA) is 118 Å². The van der Waals surface area contributed by atoms with Gasteiger partial charge in [-0.25, -0.2) is 9.97 Å². The number of piperidine rings is 1. The van der Waals surface area contributed by atoms with Gasteiger partial charge < -0.3 is 10.6 Å². The fourth-order valence-electron chi connectivity index (χ4n) is 3.26. The van der Waals surface area contributed by atoms with Gasteiger partial charge in [0.05, 0.1) is 5.69 Å². The summed E-state index contributed by atoms with van der Waals surface area (Å²) < 4.78 is 0. The molecule has 1 unspecified atom stereocenters. The monoisotopic (exact) mass is 337 g/mol. The molecule has 25 heavy (non-hydrogen) atoms. The van der Waals surface area contributed by atoms with Crippen LogP contribution in [-0.2, 0) is 16.1 Å². The van der Waals surface area contributed by atoms with Crippen LogP contribution in [0.15, 0.2) is 30.6 Å². The van der Waals surface area contributed by atoms with Gasteiger partial charge in [-0.3, -0.25) is 19.7 Å². The molecule has 1 fully saturated rings. The summed E-state index contributed by atoms with van der Waals surface area (Å²) in [6.45, 7) is 0.328. The predicted molar refractivity (Wildman–Crippen MR) is 87.9 cm³/mol. The van der Waals surface area contributed by atoms with Crippen LogP contribution in [0.3, 0.4) is 0 Å². The lowest BCUT2D eigenvalue weighted by Crippen LogP contribution is -2.52. The molecule has 0 saturated carbocycles. The smallest absolute Gasteiger partial charge is 0.255 e. The molecule has 4 rings (SSSR count). The van der Waals surface area contributed by atoms with Gasteiger partial charge in [0.1, 0.15) is 18.2 Å². The van der Waals surface area contributed by atoms with Gasteiger partial charge in [0.2, 0.25) is 11.8 Å². The van der Waals surface area contributed by atoms with Crippen LogP contribution < -0.4 is 11.1 Å². The number of nitrogens with two attached hydrogens (primary N) is 1. The van der Waals surface area contributed by atoms with Crippen molar-refractivity contribution in [3.63, 3.8) is 0 Å². The molecule has 1 aromatic heterocycles. The molecule has 8 heteroatoms. The molecule has 2 aromatic rings. The molecular formula is C17H15N5O3. The number of carbonyl (C=O) groups is 3. The molecule has 3 N–H and O–H groups in total. The average Bonchev–Trinajstić information content (AvgIpc) is 2.91. The third kappa shape index (κ3) is 2.61. The quantitative estimate of drug-likeness (QED) is 0.770. The number of hydrogen-bond donors (Lipinski definition) is 2. The van der Waals surface area contributed by atoms with Crippen molar-refractivity contribution in [3.05, 3.63) is 41.7 Å². The van der Waals surface area contributed by atoms with E-state index in [1.165, 1.54) is 11.2 Å². The summed E-state index contributed by atoms with van der Waals surface area (Å²) in [6.07, 6.45) is 1.97. The van der Waals surface area contributed by atoms with E-state index in [2.05, 4.69) is 15.3 Å². The van der Waals surface area contributed by atoms with Gasteiger partial charge in [0.25, 0.3) is 5.91 Å².